The molecule has 0 aliphatic carbocycles. The van der Waals surface area contributed by atoms with Crippen molar-refractivity contribution in [1.29, 1.82) is 0 Å². The van der Waals surface area contributed by atoms with Crippen molar-refractivity contribution in [2.45, 2.75) is 14.4 Å². The molecule has 0 amide bonds. The first-order chi connectivity index (χ1) is 1.73. The maximum Gasteiger partial charge on any atom is 0 e. The third-order valence-electron chi connectivity index (χ3n) is 0. The number of carbonyl (C=O) groups is 1. The SMILES string of the molecule is C.[CH2-]C(C)=O.[Y]. The van der Waals surface area contributed by atoms with Gasteiger partial charge in [-0.3, -0.25) is 0 Å². The summed E-state index contributed by atoms with van der Waals surface area (Å²) in [5.74, 6) is -0.0833. The molecule has 0 aliphatic rings. The molecule has 0 atom stereocenters. The van der Waals surface area contributed by atoms with Crippen molar-refractivity contribution in [3.05, 3.63) is 6.92 Å². The summed E-state index contributed by atoms with van der Waals surface area (Å²) in [5, 5.41) is 0. The summed E-state index contributed by atoms with van der Waals surface area (Å²) in [6, 6.07) is 0. The second-order valence-corrected chi connectivity index (χ2v) is 0.702. The summed E-state index contributed by atoms with van der Waals surface area (Å²) in [6.45, 7) is 4.42. The molecule has 0 aromatic carbocycles. The van der Waals surface area contributed by atoms with Crippen LogP contribution in [0.25, 0.3) is 0 Å². The van der Waals surface area contributed by atoms with E-state index in [2.05, 4.69) is 6.92 Å². The minimum Gasteiger partial charge on any atom is -0.340 e. The number of Topliss-reactive ketones (excluding diaryl/α,β-unsaturated/α-hetero) is 1. The van der Waals surface area contributed by atoms with Gasteiger partial charge in [0.05, 0.1) is 0 Å². The van der Waals surface area contributed by atoms with E-state index in [1.165, 1.54) is 6.92 Å². The van der Waals surface area contributed by atoms with Crippen LogP contribution in [0.1, 0.15) is 14.4 Å². The van der Waals surface area contributed by atoms with Gasteiger partial charge in [-0.2, -0.15) is 0 Å². The number of ketones is 1. The van der Waals surface area contributed by atoms with Crippen LogP contribution in [0.3, 0.4) is 0 Å². The first kappa shape index (κ1) is 15.9. The van der Waals surface area contributed by atoms with Crippen molar-refractivity contribution in [3.8, 4) is 0 Å². The van der Waals surface area contributed by atoms with E-state index in [0.29, 0.717) is 0 Å². The van der Waals surface area contributed by atoms with Gasteiger partial charge in [0, 0.05) is 32.7 Å². The Morgan fingerprint density at radius 3 is 1.67 bits per heavy atom. The maximum atomic E-state index is 9.33. The molecular weight excluding hydrogens is 153 g/mol. The van der Waals surface area contributed by atoms with Crippen LogP contribution in [0.15, 0.2) is 0 Å². The minimum absolute atomic E-state index is 0. The van der Waals surface area contributed by atoms with Crippen LogP contribution in [0, 0.1) is 6.92 Å². The van der Waals surface area contributed by atoms with Gasteiger partial charge in [-0.15, -0.1) is 0 Å². The van der Waals surface area contributed by atoms with Crippen molar-refractivity contribution in [2.24, 2.45) is 0 Å². The van der Waals surface area contributed by atoms with E-state index in [1.807, 2.05) is 0 Å². The van der Waals surface area contributed by atoms with Crippen LogP contribution in [-0.2, 0) is 37.5 Å². The average Bonchev–Trinajstić information content (AvgIpc) is 0.811. The fourth-order valence-electron chi connectivity index (χ4n) is 0. The molecule has 0 saturated carbocycles. The molecule has 0 heterocycles. The van der Waals surface area contributed by atoms with E-state index in [9.17, 15) is 4.79 Å². The van der Waals surface area contributed by atoms with Gasteiger partial charge in [0.1, 0.15) is 0 Å². The molecule has 0 saturated heterocycles. The summed E-state index contributed by atoms with van der Waals surface area (Å²) in [4.78, 5) is 9.33. The summed E-state index contributed by atoms with van der Waals surface area (Å²) in [7, 11) is 0. The standard InChI is InChI=1S/C3H5O.CH4.Y/c1-3(2)4;;/h1H2,2H3;1H4;/q-1;;. The zero-order chi connectivity index (χ0) is 3.58. The van der Waals surface area contributed by atoms with E-state index < -0.39 is 0 Å². The Hall–Kier alpha value is 0.644. The van der Waals surface area contributed by atoms with Crippen molar-refractivity contribution >= 4 is 5.78 Å². The first-order valence-electron chi connectivity index (χ1n) is 1.06. The molecule has 0 fully saturated rings. The first-order valence-corrected chi connectivity index (χ1v) is 1.06. The van der Waals surface area contributed by atoms with E-state index in [1.54, 1.807) is 0 Å². The Balaban J connectivity index is -0.0000000450. The Bertz CT molecular complexity index is 30.5. The number of hydrogen-bond acceptors (Lipinski definition) is 1. The third-order valence-corrected chi connectivity index (χ3v) is 0. The van der Waals surface area contributed by atoms with Crippen LogP contribution in [0.2, 0.25) is 0 Å². The molecule has 0 aromatic heterocycles. The Morgan fingerprint density at radius 1 is 1.67 bits per heavy atom. The van der Waals surface area contributed by atoms with Gasteiger partial charge in [0.2, 0.25) is 0 Å². The molecule has 1 nitrogen and oxygen atoms in total. The molecule has 0 rings (SSSR count). The minimum atomic E-state index is -0.0833. The summed E-state index contributed by atoms with van der Waals surface area (Å²) >= 11 is 0. The maximum absolute atomic E-state index is 9.33. The molecular formula is C4H9OY-. The van der Waals surface area contributed by atoms with E-state index in [-0.39, 0.29) is 45.9 Å². The van der Waals surface area contributed by atoms with Crippen molar-refractivity contribution < 1.29 is 37.5 Å². The number of rotatable bonds is 0. The van der Waals surface area contributed by atoms with Crippen LogP contribution < -0.4 is 0 Å². The normalized spacial score (nSPS) is 4.17. The molecule has 0 aromatic rings. The molecule has 0 N–H and O–H groups in total. The molecule has 0 spiro atoms. The molecule has 1 radical (unpaired) electrons. The van der Waals surface area contributed by atoms with Gasteiger partial charge in [-0.05, 0) is 12.7 Å². The predicted molar refractivity (Wildman–Crippen MR) is 22.8 cm³/mol. The Labute approximate surface area is 64.4 Å². The molecule has 0 bridgehead atoms. The molecule has 35 valence electrons. The largest absolute Gasteiger partial charge is 0.340 e. The average molecular weight is 162 g/mol. The smallest absolute Gasteiger partial charge is 0 e. The molecule has 0 aliphatic heterocycles. The molecule has 6 heavy (non-hydrogen) atoms. The fourth-order valence-corrected chi connectivity index (χ4v) is 0. The summed E-state index contributed by atoms with van der Waals surface area (Å²) in [6.07, 6.45) is 0. The Kier molecular flexibility index (Phi) is 24.4. The van der Waals surface area contributed by atoms with E-state index in [4.69, 9.17) is 0 Å². The quantitative estimate of drug-likeness (QED) is 0.486. The van der Waals surface area contributed by atoms with Gasteiger partial charge < -0.3 is 11.7 Å². The van der Waals surface area contributed by atoms with Gasteiger partial charge in [0.25, 0.3) is 0 Å². The second-order valence-electron chi connectivity index (χ2n) is 0.702. The number of hydrogen-bond donors (Lipinski definition) is 0. The zero-order valence-corrected chi connectivity index (χ0v) is 6.03. The summed E-state index contributed by atoms with van der Waals surface area (Å²) < 4.78 is 0. The van der Waals surface area contributed by atoms with E-state index in [0.717, 1.165) is 0 Å². The topological polar surface area (TPSA) is 17.1 Å². The van der Waals surface area contributed by atoms with Crippen molar-refractivity contribution in [3.63, 3.8) is 0 Å². The van der Waals surface area contributed by atoms with Gasteiger partial charge >= 0.3 is 0 Å². The zero-order valence-electron chi connectivity index (χ0n) is 3.19. The van der Waals surface area contributed by atoms with Gasteiger partial charge in [0.15, 0.2) is 0 Å². The van der Waals surface area contributed by atoms with Gasteiger partial charge in [-0.1, -0.05) is 7.43 Å². The van der Waals surface area contributed by atoms with Crippen LogP contribution in [0.5, 0.6) is 0 Å². The van der Waals surface area contributed by atoms with Crippen LogP contribution in [0.4, 0.5) is 0 Å². The van der Waals surface area contributed by atoms with Crippen molar-refractivity contribution in [2.75, 3.05) is 0 Å². The number of carbonyl (C=O) groups excluding carboxylic acids is 1. The van der Waals surface area contributed by atoms with Crippen LogP contribution >= 0.6 is 0 Å². The predicted octanol–water partition coefficient (Wildman–Crippen LogP) is 1.04. The van der Waals surface area contributed by atoms with Crippen LogP contribution in [-0.4, -0.2) is 5.78 Å². The molecule has 2 heteroatoms. The monoisotopic (exact) mass is 162 g/mol. The third kappa shape index (κ3) is 149. The summed E-state index contributed by atoms with van der Waals surface area (Å²) in [5.41, 5.74) is 0. The van der Waals surface area contributed by atoms with E-state index >= 15 is 0 Å². The fraction of sp³-hybridized carbons (Fsp3) is 0.500. The Morgan fingerprint density at radius 2 is 1.67 bits per heavy atom. The van der Waals surface area contributed by atoms with Gasteiger partial charge in [-0.25, -0.2) is 0 Å². The second kappa shape index (κ2) is 9.17. The van der Waals surface area contributed by atoms with Crippen molar-refractivity contribution in [1.82, 2.24) is 0 Å². The molecule has 0 unspecified atom stereocenters.